The molecule has 17 N–H and O–H groups in total. The maximum atomic E-state index is 13.8. The van der Waals surface area contributed by atoms with E-state index in [-0.39, 0.29) is 160 Å². The van der Waals surface area contributed by atoms with Gasteiger partial charge in [-0.3, -0.25) is 38.4 Å². The van der Waals surface area contributed by atoms with E-state index in [1.54, 1.807) is 27.9 Å². The lowest BCUT2D eigenvalue weighted by Crippen LogP contribution is -2.55. The fourth-order valence-electron chi connectivity index (χ4n) is 10.1. The smallest absolute Gasteiger partial charge is 0.222 e. The highest BCUT2D eigenvalue weighted by atomic mass is 16.7. The molecule has 0 saturated carbocycles. The molecule has 3 fully saturated rings. The molecule has 0 aromatic heterocycles. The number of hydrogen-bond acceptors (Lipinski definition) is 24. The van der Waals surface area contributed by atoms with Crippen molar-refractivity contribution in [1.82, 2.24) is 42.5 Å². The summed E-state index contributed by atoms with van der Waals surface area (Å²) in [5.74, 6) is -4.23. The molecule has 3 aliphatic rings. The highest BCUT2D eigenvalue weighted by Crippen LogP contribution is 2.30. The topological polar surface area (TPSA) is 479 Å². The lowest BCUT2D eigenvalue weighted by molar-refractivity contribution is -0.282. The molecule has 3 rings (SSSR count). The minimum absolute atomic E-state index is 0.0294. The number of ether oxygens (including phenoxy) is 7. The minimum Gasteiger partial charge on any atom is -0.394 e. The third-order valence-corrected chi connectivity index (χ3v) is 15.9. The molecule has 0 spiro atoms. The van der Waals surface area contributed by atoms with Gasteiger partial charge in [-0.15, -0.1) is 0 Å². The number of hydrogen-bond donors (Lipinski definition) is 17. The molecule has 6 unspecified atom stereocenters. The Morgan fingerprint density at radius 3 is 0.904 bits per heavy atom. The monoisotopic (exact) mass is 1350 g/mol. The van der Waals surface area contributed by atoms with Crippen LogP contribution < -0.4 is 42.5 Å². The average molecular weight is 1360 g/mol. The van der Waals surface area contributed by atoms with Crippen molar-refractivity contribution in [2.24, 2.45) is 23.7 Å². The summed E-state index contributed by atoms with van der Waals surface area (Å²) < 4.78 is 38.5. The van der Waals surface area contributed by atoms with Crippen LogP contribution in [0.3, 0.4) is 0 Å². The maximum absolute atomic E-state index is 13.8. The Kier molecular flexibility index (Phi) is 43.5. The molecule has 3 heterocycles. The third kappa shape index (κ3) is 33.9. The van der Waals surface area contributed by atoms with Crippen molar-refractivity contribution in [1.29, 1.82) is 0 Å². The number of carbonyl (C=O) groups is 8. The molecule has 0 aliphatic carbocycles. The van der Waals surface area contributed by atoms with Crippen LogP contribution in [0.4, 0.5) is 0 Å². The molecule has 546 valence electrons. The first kappa shape index (κ1) is 85.2. The molecular formula is C62H114N8O24. The van der Waals surface area contributed by atoms with Crippen LogP contribution in [0.5, 0.6) is 0 Å². The van der Waals surface area contributed by atoms with Crippen LogP contribution in [0.2, 0.25) is 0 Å². The lowest BCUT2D eigenvalue weighted by atomic mass is 9.82. The number of rotatable bonds is 45. The largest absolute Gasteiger partial charge is 0.394 e. The zero-order valence-corrected chi connectivity index (χ0v) is 56.1. The number of nitrogens with one attached hydrogen (secondary N) is 8. The van der Waals surface area contributed by atoms with Crippen molar-refractivity contribution in [2.45, 2.75) is 224 Å². The number of amides is 8. The molecule has 8 amide bonds. The number of carbonyl (C=O) groups excluding carboxylic acids is 8. The first-order chi connectivity index (χ1) is 44.7. The van der Waals surface area contributed by atoms with E-state index in [0.29, 0.717) is 38.8 Å². The fraction of sp³-hybridized carbons (Fsp3) is 0.871. The summed E-state index contributed by atoms with van der Waals surface area (Å²) in [6, 6.07) is 0. The van der Waals surface area contributed by atoms with E-state index in [9.17, 15) is 84.3 Å². The van der Waals surface area contributed by atoms with Crippen molar-refractivity contribution in [3.8, 4) is 0 Å². The Bertz CT molecular complexity index is 1990. The summed E-state index contributed by atoms with van der Waals surface area (Å²) in [6.07, 6.45) is -12.7. The molecule has 0 aromatic carbocycles. The standard InChI is InChI=1S/C58H104N8O24.C4H10/c1-35-49(78)52(81)38(32-67)88-55(35)85-29-15-45(74)62-24-6-21-59-42(71)12-18-58(66-48(77)11-5-10-41(70)65-27-9-28-84-4,19-13-43(72)60-22-7-25-63-46(75)16-30-86-56-36(2)50(79)53(82)39(33-68)89-56)20-14-44(73)61-23-8-26-64-47(76)17-31-87-57-37(3)51(80)54(83)40(34-69)90-57;1-4(2)3/h35-40,49-57,67-69,78-83H,5-34H2,1-4H3,(H,59,71)(H,60,72)(H,61,73)(H,62,74)(H,63,75)(H,64,76)(H,65,70)(H,66,77);4H,1-3H3/t35?,36?,37?,38?,39?,40?,49-,50-,51-,52+,53+,54+,55-,56-,57-,58?;/m1./s1. The summed E-state index contributed by atoms with van der Waals surface area (Å²) in [5, 5.41) is 112. The summed E-state index contributed by atoms with van der Waals surface area (Å²) in [7, 11) is 1.54. The van der Waals surface area contributed by atoms with Gasteiger partial charge in [-0.1, -0.05) is 41.5 Å². The van der Waals surface area contributed by atoms with E-state index in [1.165, 1.54) is 0 Å². The summed E-state index contributed by atoms with van der Waals surface area (Å²) in [6.45, 7) is 11.2. The molecule has 3 saturated heterocycles. The van der Waals surface area contributed by atoms with Gasteiger partial charge in [0.1, 0.15) is 36.6 Å². The first-order valence-corrected chi connectivity index (χ1v) is 33.1. The Morgan fingerprint density at radius 1 is 0.372 bits per heavy atom. The van der Waals surface area contributed by atoms with Crippen molar-refractivity contribution < 1.29 is 117 Å². The minimum atomic E-state index is -1.32. The van der Waals surface area contributed by atoms with Crippen LogP contribution in [-0.2, 0) is 71.5 Å². The van der Waals surface area contributed by atoms with Crippen molar-refractivity contribution >= 4 is 47.3 Å². The average Bonchev–Trinajstić information content (AvgIpc) is 1.12. The van der Waals surface area contributed by atoms with E-state index >= 15 is 0 Å². The van der Waals surface area contributed by atoms with E-state index in [1.807, 2.05) is 0 Å². The molecule has 0 radical (unpaired) electrons. The molecule has 32 heteroatoms. The maximum Gasteiger partial charge on any atom is 0.222 e. The molecule has 0 aromatic rings. The first-order valence-electron chi connectivity index (χ1n) is 33.1. The van der Waals surface area contributed by atoms with Gasteiger partial charge in [0, 0.05) is 115 Å². The van der Waals surface area contributed by atoms with Crippen molar-refractivity contribution in [2.75, 3.05) is 99.2 Å². The molecule has 3 aliphatic heterocycles. The van der Waals surface area contributed by atoms with Gasteiger partial charge in [0.2, 0.25) is 47.3 Å². The number of aliphatic hydroxyl groups excluding tert-OH is 9. The summed E-state index contributed by atoms with van der Waals surface area (Å²) in [5.41, 5.74) is -1.32. The lowest BCUT2D eigenvalue weighted by Gasteiger charge is -2.40. The van der Waals surface area contributed by atoms with Crippen LogP contribution in [0.25, 0.3) is 0 Å². The normalized spacial score (nSPS) is 26.5. The van der Waals surface area contributed by atoms with Gasteiger partial charge in [0.15, 0.2) is 18.9 Å². The Balaban J connectivity index is 0.00000729. The predicted molar refractivity (Wildman–Crippen MR) is 337 cm³/mol. The van der Waals surface area contributed by atoms with Crippen molar-refractivity contribution in [3.05, 3.63) is 0 Å². The molecule has 15 atom stereocenters. The van der Waals surface area contributed by atoms with Crippen LogP contribution >= 0.6 is 0 Å². The van der Waals surface area contributed by atoms with Gasteiger partial charge in [-0.05, 0) is 57.3 Å². The molecule has 0 bridgehead atoms. The predicted octanol–water partition coefficient (Wildman–Crippen LogP) is -3.52. The van der Waals surface area contributed by atoms with Crippen LogP contribution in [0, 0.1) is 23.7 Å². The van der Waals surface area contributed by atoms with E-state index in [2.05, 4.69) is 63.3 Å². The second-order valence-electron chi connectivity index (χ2n) is 24.8. The summed E-state index contributed by atoms with van der Waals surface area (Å²) >= 11 is 0. The highest BCUT2D eigenvalue weighted by Gasteiger charge is 2.45. The number of methoxy groups -OCH3 is 1. The van der Waals surface area contributed by atoms with Gasteiger partial charge >= 0.3 is 0 Å². The Labute approximate surface area is 552 Å². The van der Waals surface area contributed by atoms with Crippen LogP contribution in [0.15, 0.2) is 0 Å². The van der Waals surface area contributed by atoms with E-state index < -0.39 is 141 Å². The zero-order chi connectivity index (χ0) is 70.2. The van der Waals surface area contributed by atoms with Gasteiger partial charge in [-0.25, -0.2) is 0 Å². The second-order valence-corrected chi connectivity index (χ2v) is 24.8. The van der Waals surface area contributed by atoms with Gasteiger partial charge < -0.3 is 122 Å². The van der Waals surface area contributed by atoms with Gasteiger partial charge in [-0.2, -0.15) is 0 Å². The van der Waals surface area contributed by atoms with Gasteiger partial charge in [0.05, 0.1) is 77.2 Å². The Hall–Kier alpha value is -4.88. The quantitative estimate of drug-likeness (QED) is 0.0263. The zero-order valence-electron chi connectivity index (χ0n) is 56.1. The Morgan fingerprint density at radius 2 is 0.628 bits per heavy atom. The van der Waals surface area contributed by atoms with E-state index in [0.717, 1.165) is 5.92 Å². The van der Waals surface area contributed by atoms with Crippen LogP contribution in [-0.4, -0.2) is 272 Å². The van der Waals surface area contributed by atoms with Gasteiger partial charge in [0.25, 0.3) is 0 Å². The fourth-order valence-corrected chi connectivity index (χ4v) is 10.1. The molecule has 94 heavy (non-hydrogen) atoms. The second kappa shape index (κ2) is 47.9. The molecule has 32 nitrogen and oxygen atoms in total. The number of aliphatic hydroxyl groups is 9. The third-order valence-electron chi connectivity index (χ3n) is 15.9. The van der Waals surface area contributed by atoms with E-state index in [4.69, 9.17) is 33.2 Å². The van der Waals surface area contributed by atoms with Crippen LogP contribution in [0.1, 0.15) is 144 Å². The van der Waals surface area contributed by atoms with Crippen molar-refractivity contribution in [3.63, 3.8) is 0 Å². The highest BCUT2D eigenvalue weighted by molar-refractivity contribution is 5.81. The summed E-state index contributed by atoms with van der Waals surface area (Å²) in [4.78, 5) is 105. The molecular weight excluding hydrogens is 1240 g/mol. The SMILES string of the molecule is CC(C)C.COCCCNC(=O)CCCC(=O)NC(CCC(=O)NCCCNC(=O)CCO[C@@H]1OC(CO)[C@H](O)[C@H](O)C1C)(CCC(=O)NCCCNC(=O)CCO[C@@H]1OC(CO)[C@H](O)[C@H](O)C1C)CCC(=O)NCCCNC(=O)CCO[C@@H]1OC(CO)[C@H](O)[C@H](O)C1C.